The first kappa shape index (κ1) is 22.8. The van der Waals surface area contributed by atoms with Crippen LogP contribution in [0.5, 0.6) is 5.75 Å². The molecule has 0 aliphatic rings. The summed E-state index contributed by atoms with van der Waals surface area (Å²) in [6, 6.07) is 8.93. The summed E-state index contributed by atoms with van der Waals surface area (Å²) in [4.78, 5) is 11.0. The number of ether oxygens (including phenoxy) is 1. The number of halogens is 1. The Bertz CT molecular complexity index is 881. The molecule has 0 amide bonds. The molecule has 0 aromatic heterocycles. The van der Waals surface area contributed by atoms with Crippen LogP contribution in [0.2, 0.25) is 0 Å². The lowest BCUT2D eigenvalue weighted by Gasteiger charge is -2.27. The third-order valence-corrected chi connectivity index (χ3v) is 6.61. The minimum absolute atomic E-state index is 0.113. The van der Waals surface area contributed by atoms with E-state index >= 15 is 0 Å². The number of rotatable bonds is 8. The average molecular weight is 472 g/mol. The van der Waals surface area contributed by atoms with E-state index < -0.39 is 33.8 Å². The highest BCUT2D eigenvalue weighted by molar-refractivity contribution is 9.10. The maximum Gasteiger partial charge on any atom is 0.305 e. The molecule has 2 aromatic carbocycles. The molecule has 6 nitrogen and oxygen atoms in total. The van der Waals surface area contributed by atoms with Crippen LogP contribution in [0.4, 0.5) is 0 Å². The zero-order valence-electron chi connectivity index (χ0n) is 16.4. The van der Waals surface area contributed by atoms with Gasteiger partial charge in [-0.15, -0.1) is 0 Å². The molecular weight excluding hydrogens is 446 g/mol. The molecule has 28 heavy (non-hydrogen) atoms. The van der Waals surface area contributed by atoms with Crippen molar-refractivity contribution < 1.29 is 24.0 Å². The summed E-state index contributed by atoms with van der Waals surface area (Å²) in [6.07, 6.45) is -1.34. The van der Waals surface area contributed by atoms with Gasteiger partial charge in [0, 0.05) is 10.5 Å². The summed E-state index contributed by atoms with van der Waals surface area (Å²) in [5.74, 6) is -0.404. The number of carbonyl (C=O) groups is 1. The first-order chi connectivity index (χ1) is 13.0. The van der Waals surface area contributed by atoms with Gasteiger partial charge >= 0.3 is 5.97 Å². The summed E-state index contributed by atoms with van der Waals surface area (Å²) in [6.45, 7) is 5.55. The van der Waals surface area contributed by atoms with Crippen molar-refractivity contribution in [3.8, 4) is 5.75 Å². The Hall–Kier alpha value is -1.48. The zero-order chi connectivity index (χ0) is 21.1. The van der Waals surface area contributed by atoms with Gasteiger partial charge in [-0.3, -0.25) is 4.79 Å². The topological polar surface area (TPSA) is 95.9 Å². The van der Waals surface area contributed by atoms with Crippen molar-refractivity contribution >= 4 is 43.7 Å². The van der Waals surface area contributed by atoms with E-state index in [0.717, 1.165) is 20.8 Å². The molecular formula is C20H26BrNO5S. The summed E-state index contributed by atoms with van der Waals surface area (Å²) >= 11 is 3.54. The lowest BCUT2D eigenvalue weighted by molar-refractivity contribution is -0.139. The molecule has 0 fully saturated rings. The second kappa shape index (κ2) is 9.35. The maximum absolute atomic E-state index is 12.7. The number of benzene rings is 2. The minimum Gasteiger partial charge on any atom is -0.497 e. The van der Waals surface area contributed by atoms with E-state index in [-0.39, 0.29) is 12.8 Å². The highest BCUT2D eigenvalue weighted by atomic mass is 79.9. The molecule has 0 heterocycles. The van der Waals surface area contributed by atoms with Gasteiger partial charge < -0.3 is 14.9 Å². The van der Waals surface area contributed by atoms with Crippen LogP contribution < -0.4 is 9.46 Å². The van der Waals surface area contributed by atoms with Crippen LogP contribution >= 0.6 is 15.9 Å². The maximum atomic E-state index is 12.7. The number of fused-ring (bicyclic) bond motifs is 1. The van der Waals surface area contributed by atoms with Gasteiger partial charge in [0.2, 0.25) is 0 Å². The van der Waals surface area contributed by atoms with Crippen LogP contribution in [0.3, 0.4) is 0 Å². The van der Waals surface area contributed by atoms with Crippen molar-refractivity contribution in [3.63, 3.8) is 0 Å². The Balaban J connectivity index is 2.53. The number of hydrogen-bond donors (Lipinski definition) is 3. The van der Waals surface area contributed by atoms with E-state index in [9.17, 15) is 14.1 Å². The smallest absolute Gasteiger partial charge is 0.305 e. The lowest BCUT2D eigenvalue weighted by atomic mass is 9.94. The Morgan fingerprint density at radius 3 is 2.50 bits per heavy atom. The fourth-order valence-electron chi connectivity index (χ4n) is 2.85. The van der Waals surface area contributed by atoms with Gasteiger partial charge in [-0.1, -0.05) is 22.0 Å². The van der Waals surface area contributed by atoms with Crippen LogP contribution in [0.1, 0.15) is 45.2 Å². The van der Waals surface area contributed by atoms with Gasteiger partial charge in [-0.05, 0) is 67.8 Å². The van der Waals surface area contributed by atoms with Crippen LogP contribution in [-0.2, 0) is 15.8 Å². The Labute approximate surface area is 176 Å². The van der Waals surface area contributed by atoms with E-state index in [1.807, 2.05) is 51.1 Å². The molecule has 0 spiro atoms. The third kappa shape index (κ3) is 5.76. The van der Waals surface area contributed by atoms with Gasteiger partial charge in [0.15, 0.2) is 0 Å². The van der Waals surface area contributed by atoms with Crippen molar-refractivity contribution in [2.24, 2.45) is 0 Å². The number of methoxy groups -OCH3 is 1. The number of hydrogen-bond acceptors (Lipinski definition) is 4. The predicted octanol–water partition coefficient (Wildman–Crippen LogP) is 3.93. The second-order valence-electron chi connectivity index (χ2n) is 7.59. The summed E-state index contributed by atoms with van der Waals surface area (Å²) in [5.41, 5.74) is 0.819. The van der Waals surface area contributed by atoms with Crippen molar-refractivity contribution in [1.82, 2.24) is 4.72 Å². The van der Waals surface area contributed by atoms with E-state index in [0.29, 0.717) is 5.75 Å². The zero-order valence-corrected chi connectivity index (χ0v) is 18.8. The van der Waals surface area contributed by atoms with Crippen molar-refractivity contribution in [3.05, 3.63) is 40.4 Å². The van der Waals surface area contributed by atoms with Crippen LogP contribution in [0.25, 0.3) is 10.8 Å². The minimum atomic E-state index is -1.40. The molecule has 0 saturated carbocycles. The number of carboxylic acid groups (broad SMARTS) is 1. The average Bonchev–Trinajstić information content (AvgIpc) is 2.59. The fourth-order valence-corrected chi connectivity index (χ4v) is 4.16. The van der Waals surface area contributed by atoms with E-state index in [4.69, 9.17) is 9.84 Å². The lowest BCUT2D eigenvalue weighted by Crippen LogP contribution is -2.37. The second-order valence-corrected chi connectivity index (χ2v) is 10.4. The molecule has 3 N–H and O–H groups in total. The number of nitrogens with one attached hydrogen (secondary N) is 1. The van der Waals surface area contributed by atoms with Crippen LogP contribution in [0, 0.1) is 0 Å². The standard InChI is InChI=1S/C20H26BrNO5S/c1-20(2,3)28(26)22-18(9-12(23)10-19(24)25)15-7-8-17(21)14-6-5-13(27-4)11-16(14)15/h5-8,11-12,18,22-23H,9-10H2,1-4H3,(H,24,25)/t12-,18+,28-/m1/s1. The first-order valence-electron chi connectivity index (χ1n) is 8.87. The van der Waals surface area contributed by atoms with E-state index in [1.165, 1.54) is 0 Å². The first-order valence-corrected chi connectivity index (χ1v) is 10.8. The molecule has 0 bridgehead atoms. The van der Waals surface area contributed by atoms with Gasteiger partial charge in [0.25, 0.3) is 0 Å². The van der Waals surface area contributed by atoms with Crippen LogP contribution in [-0.4, -0.2) is 38.4 Å². The molecule has 0 aliphatic carbocycles. The van der Waals surface area contributed by atoms with Gasteiger partial charge in [0.05, 0.1) is 35.4 Å². The Morgan fingerprint density at radius 2 is 1.93 bits per heavy atom. The van der Waals surface area contributed by atoms with Crippen molar-refractivity contribution in [2.45, 2.75) is 50.5 Å². The van der Waals surface area contributed by atoms with Crippen molar-refractivity contribution in [1.29, 1.82) is 0 Å². The molecule has 8 heteroatoms. The molecule has 2 rings (SSSR count). The SMILES string of the molecule is COc1ccc2c(Br)ccc([C@H](C[C@@H](O)CC(=O)O)N[S@](=O)C(C)(C)C)c2c1. The molecule has 0 unspecified atom stereocenters. The molecule has 0 saturated heterocycles. The molecule has 2 aromatic rings. The van der Waals surface area contributed by atoms with Crippen LogP contribution in [0.15, 0.2) is 34.8 Å². The Kier molecular flexibility index (Phi) is 7.61. The fraction of sp³-hybridized carbons (Fsp3) is 0.450. The van der Waals surface area contributed by atoms with Crippen molar-refractivity contribution in [2.75, 3.05) is 7.11 Å². The summed E-state index contributed by atoms with van der Waals surface area (Å²) < 4.78 is 21.6. The monoisotopic (exact) mass is 471 g/mol. The Morgan fingerprint density at radius 1 is 1.25 bits per heavy atom. The molecule has 3 atom stereocenters. The van der Waals surface area contributed by atoms with E-state index in [1.54, 1.807) is 7.11 Å². The highest BCUT2D eigenvalue weighted by Gasteiger charge is 2.27. The normalized spacial score (nSPS) is 15.2. The predicted molar refractivity (Wildman–Crippen MR) is 115 cm³/mol. The number of aliphatic hydroxyl groups excluding tert-OH is 1. The van der Waals surface area contributed by atoms with Gasteiger partial charge in [-0.2, -0.15) is 0 Å². The number of carboxylic acids is 1. The van der Waals surface area contributed by atoms with Gasteiger partial charge in [-0.25, -0.2) is 8.93 Å². The number of aliphatic hydroxyl groups is 1. The molecule has 154 valence electrons. The third-order valence-electron chi connectivity index (χ3n) is 4.30. The molecule has 0 aliphatic heterocycles. The molecule has 0 radical (unpaired) electrons. The van der Waals surface area contributed by atoms with E-state index in [2.05, 4.69) is 20.7 Å². The quantitative estimate of drug-likeness (QED) is 0.541. The largest absolute Gasteiger partial charge is 0.497 e. The summed E-state index contributed by atoms with van der Waals surface area (Å²) in [5, 5.41) is 21.1. The summed E-state index contributed by atoms with van der Waals surface area (Å²) in [7, 11) is 0.179. The highest BCUT2D eigenvalue weighted by Crippen LogP contribution is 2.35. The number of aliphatic carboxylic acids is 1. The van der Waals surface area contributed by atoms with Gasteiger partial charge in [0.1, 0.15) is 5.75 Å².